The maximum Gasteiger partial charge on any atom is 0.229 e. The van der Waals surface area contributed by atoms with Gasteiger partial charge in [0.2, 0.25) is 11.8 Å². The summed E-state index contributed by atoms with van der Waals surface area (Å²) in [7, 11) is 1.68. The predicted octanol–water partition coefficient (Wildman–Crippen LogP) is 2.11. The molecule has 2 N–H and O–H groups in total. The molecule has 7 heteroatoms. The molecule has 0 saturated carbocycles. The van der Waals surface area contributed by atoms with E-state index >= 15 is 0 Å². The van der Waals surface area contributed by atoms with Gasteiger partial charge in [-0.2, -0.15) is 0 Å². The van der Waals surface area contributed by atoms with E-state index in [1.165, 1.54) is 4.90 Å². The number of amides is 2. The van der Waals surface area contributed by atoms with Crippen molar-refractivity contribution in [3.63, 3.8) is 0 Å². The summed E-state index contributed by atoms with van der Waals surface area (Å²) in [4.78, 5) is 29.0. The van der Waals surface area contributed by atoms with Gasteiger partial charge in [-0.05, 0) is 31.0 Å². The van der Waals surface area contributed by atoms with Crippen LogP contribution in [-0.4, -0.2) is 42.8 Å². The Morgan fingerprint density at radius 3 is 2.46 bits per heavy atom. The molecule has 1 saturated heterocycles. The van der Waals surface area contributed by atoms with Gasteiger partial charge in [0.05, 0.1) is 6.04 Å². The molecule has 0 spiro atoms. The van der Waals surface area contributed by atoms with Crippen molar-refractivity contribution in [1.82, 2.24) is 15.5 Å². The van der Waals surface area contributed by atoms with Gasteiger partial charge in [-0.1, -0.05) is 23.7 Å². The second-order valence-corrected chi connectivity index (χ2v) is 6.15. The summed E-state index contributed by atoms with van der Waals surface area (Å²) < 4.78 is 0. The van der Waals surface area contributed by atoms with E-state index in [1.54, 1.807) is 7.05 Å². The minimum atomic E-state index is -0.0921. The normalized spacial score (nSPS) is 17.0. The Morgan fingerprint density at radius 2 is 1.88 bits per heavy atom. The van der Waals surface area contributed by atoms with Crippen molar-refractivity contribution in [2.24, 2.45) is 4.99 Å². The first-order valence-corrected chi connectivity index (χ1v) is 8.45. The molecule has 24 heavy (non-hydrogen) atoms. The van der Waals surface area contributed by atoms with Crippen molar-refractivity contribution in [2.75, 3.05) is 20.1 Å². The Hall–Kier alpha value is -2.08. The number of hydrogen-bond acceptors (Lipinski definition) is 3. The van der Waals surface area contributed by atoms with Gasteiger partial charge in [-0.15, -0.1) is 0 Å². The fourth-order valence-electron chi connectivity index (χ4n) is 2.57. The number of nitrogens with zero attached hydrogens (tertiary/aromatic N) is 2. The Morgan fingerprint density at radius 1 is 1.25 bits per heavy atom. The lowest BCUT2D eigenvalue weighted by Crippen LogP contribution is -2.46. The highest BCUT2D eigenvalue weighted by Gasteiger charge is 2.25. The van der Waals surface area contributed by atoms with Gasteiger partial charge in [0.1, 0.15) is 0 Å². The summed E-state index contributed by atoms with van der Waals surface area (Å²) in [5.74, 6) is 0.436. The number of carbonyl (C=O) groups excluding carboxylic acids is 2. The lowest BCUT2D eigenvalue weighted by Gasteiger charge is -2.25. The average Bonchev–Trinajstić information content (AvgIpc) is 2.57. The van der Waals surface area contributed by atoms with E-state index in [-0.39, 0.29) is 17.9 Å². The Balaban J connectivity index is 1.83. The largest absolute Gasteiger partial charge is 0.355 e. The van der Waals surface area contributed by atoms with Crippen molar-refractivity contribution in [1.29, 1.82) is 0 Å². The lowest BCUT2D eigenvalue weighted by molar-refractivity contribution is -0.147. The van der Waals surface area contributed by atoms with Crippen LogP contribution in [0.2, 0.25) is 5.02 Å². The van der Waals surface area contributed by atoms with Crippen LogP contribution in [0.15, 0.2) is 29.3 Å². The number of aliphatic imine (C=N–C) groups is 1. The van der Waals surface area contributed by atoms with Crippen molar-refractivity contribution in [2.45, 2.75) is 32.2 Å². The van der Waals surface area contributed by atoms with Gasteiger partial charge in [0.15, 0.2) is 5.96 Å². The molecule has 1 aliphatic rings. The molecular weight excluding hydrogens is 328 g/mol. The molecule has 0 bridgehead atoms. The average molecular weight is 351 g/mol. The number of likely N-dealkylation sites (tertiary alicyclic amines) is 1. The van der Waals surface area contributed by atoms with Crippen LogP contribution in [-0.2, 0) is 9.59 Å². The van der Waals surface area contributed by atoms with Crippen LogP contribution in [0.4, 0.5) is 0 Å². The highest BCUT2D eigenvalue weighted by molar-refractivity contribution is 6.30. The molecule has 1 aromatic rings. The Labute approximate surface area is 147 Å². The highest BCUT2D eigenvalue weighted by Crippen LogP contribution is 2.16. The minimum Gasteiger partial charge on any atom is -0.355 e. The van der Waals surface area contributed by atoms with Crippen molar-refractivity contribution in [3.05, 3.63) is 34.9 Å². The zero-order valence-corrected chi connectivity index (χ0v) is 14.8. The van der Waals surface area contributed by atoms with E-state index in [9.17, 15) is 9.59 Å². The topological polar surface area (TPSA) is 73.8 Å². The molecule has 0 aliphatic carbocycles. The first-order valence-electron chi connectivity index (χ1n) is 8.07. The minimum absolute atomic E-state index is 0.0479. The van der Waals surface area contributed by atoms with Gasteiger partial charge < -0.3 is 10.6 Å². The number of nitrogens with one attached hydrogen (secondary N) is 2. The van der Waals surface area contributed by atoms with Gasteiger partial charge in [-0.25, -0.2) is 0 Å². The fraction of sp³-hybridized carbons (Fsp3) is 0.471. The number of guanidine groups is 1. The summed E-state index contributed by atoms with van der Waals surface area (Å²) >= 11 is 5.90. The van der Waals surface area contributed by atoms with Crippen LogP contribution >= 0.6 is 11.6 Å². The van der Waals surface area contributed by atoms with Crippen molar-refractivity contribution in [3.8, 4) is 0 Å². The van der Waals surface area contributed by atoms with Gasteiger partial charge in [-0.3, -0.25) is 19.5 Å². The van der Waals surface area contributed by atoms with Crippen LogP contribution in [0.5, 0.6) is 0 Å². The summed E-state index contributed by atoms with van der Waals surface area (Å²) in [6, 6.07) is 7.65. The first kappa shape index (κ1) is 18.3. The summed E-state index contributed by atoms with van der Waals surface area (Å²) in [6.45, 7) is 2.84. The number of imide groups is 1. The highest BCUT2D eigenvalue weighted by atomic mass is 35.5. The second-order valence-electron chi connectivity index (χ2n) is 5.71. The maximum atomic E-state index is 11.8. The zero-order chi connectivity index (χ0) is 17.5. The van der Waals surface area contributed by atoms with E-state index in [0.29, 0.717) is 43.3 Å². The molecule has 1 heterocycles. The molecule has 1 unspecified atom stereocenters. The van der Waals surface area contributed by atoms with Crippen molar-refractivity contribution < 1.29 is 9.59 Å². The smallest absolute Gasteiger partial charge is 0.229 e. The molecule has 1 aromatic carbocycles. The molecule has 0 aromatic heterocycles. The van der Waals surface area contributed by atoms with Crippen LogP contribution < -0.4 is 10.6 Å². The quantitative estimate of drug-likeness (QED) is 0.484. The monoisotopic (exact) mass is 350 g/mol. The summed E-state index contributed by atoms with van der Waals surface area (Å²) in [6.07, 6.45) is 1.56. The molecular formula is C17H23ClN4O2. The molecule has 6 nitrogen and oxygen atoms in total. The zero-order valence-electron chi connectivity index (χ0n) is 14.0. The standard InChI is InChI=1S/C17H23ClN4O2/c1-12(13-6-8-14(18)9-7-13)21-17(19-2)20-10-11-22-15(23)4-3-5-16(22)24/h6-9,12H,3-5,10-11H2,1-2H3,(H2,19,20,21). The third-order valence-corrected chi connectivity index (χ3v) is 4.21. The van der Waals surface area contributed by atoms with Crippen molar-refractivity contribution >= 4 is 29.4 Å². The van der Waals surface area contributed by atoms with Crippen LogP contribution in [0.25, 0.3) is 0 Å². The number of benzene rings is 1. The summed E-state index contributed by atoms with van der Waals surface area (Å²) in [5.41, 5.74) is 1.09. The van der Waals surface area contributed by atoms with Crippen LogP contribution in [0.3, 0.4) is 0 Å². The van der Waals surface area contributed by atoms with E-state index in [1.807, 2.05) is 31.2 Å². The first-order chi connectivity index (χ1) is 11.5. The Kier molecular flexibility index (Phi) is 6.61. The SMILES string of the molecule is CN=C(NCCN1C(=O)CCCC1=O)NC(C)c1ccc(Cl)cc1. The molecule has 0 radical (unpaired) electrons. The maximum absolute atomic E-state index is 11.8. The predicted molar refractivity (Wildman–Crippen MR) is 94.9 cm³/mol. The van der Waals surface area contributed by atoms with E-state index in [4.69, 9.17) is 11.6 Å². The number of piperidine rings is 1. The fourth-order valence-corrected chi connectivity index (χ4v) is 2.70. The molecule has 2 rings (SSSR count). The van der Waals surface area contributed by atoms with Gasteiger partial charge >= 0.3 is 0 Å². The molecule has 2 amide bonds. The van der Waals surface area contributed by atoms with Crippen LogP contribution in [0.1, 0.15) is 37.8 Å². The molecule has 1 aliphatic heterocycles. The van der Waals surface area contributed by atoms with E-state index < -0.39 is 0 Å². The number of rotatable bonds is 5. The second kappa shape index (κ2) is 8.68. The molecule has 1 fully saturated rings. The number of hydrogen-bond donors (Lipinski definition) is 2. The molecule has 1 atom stereocenters. The lowest BCUT2D eigenvalue weighted by atomic mass is 10.1. The number of carbonyl (C=O) groups is 2. The van der Waals surface area contributed by atoms with E-state index in [0.717, 1.165) is 5.56 Å². The third kappa shape index (κ3) is 4.96. The summed E-state index contributed by atoms with van der Waals surface area (Å²) in [5, 5.41) is 7.11. The van der Waals surface area contributed by atoms with Crippen LogP contribution in [0, 0.1) is 0 Å². The Bertz CT molecular complexity index is 600. The van der Waals surface area contributed by atoms with Gasteiger partial charge in [0, 0.05) is 38.0 Å². The van der Waals surface area contributed by atoms with Gasteiger partial charge in [0.25, 0.3) is 0 Å². The third-order valence-electron chi connectivity index (χ3n) is 3.96. The van der Waals surface area contributed by atoms with E-state index in [2.05, 4.69) is 15.6 Å². The number of halogens is 1. The molecule has 130 valence electrons.